The van der Waals surface area contributed by atoms with Gasteiger partial charge in [-0.15, -0.1) is 0 Å². The molecule has 0 heterocycles. The normalized spacial score (nSPS) is 14.0. The molecule has 2 unspecified atom stereocenters. The van der Waals surface area contributed by atoms with Gasteiger partial charge in [-0.2, -0.15) is 0 Å². The summed E-state index contributed by atoms with van der Waals surface area (Å²) in [6.07, 6.45) is 55.6. The van der Waals surface area contributed by atoms with Crippen LogP contribution in [0, 0.1) is 11.8 Å². The predicted octanol–water partition coefficient (Wildman–Crippen LogP) is 22.3. The zero-order valence-corrected chi connectivity index (χ0v) is 63.8. The molecule has 0 fully saturated rings. The fraction of sp³-hybridized carbons (Fsp3) is 0.947. The largest absolute Gasteiger partial charge is 0.472 e. The fourth-order valence-corrected chi connectivity index (χ4v) is 13.2. The van der Waals surface area contributed by atoms with Crippen LogP contribution >= 0.6 is 15.6 Å². The fourth-order valence-electron chi connectivity index (χ4n) is 11.7. The van der Waals surface area contributed by atoms with Gasteiger partial charge in [0, 0.05) is 25.7 Å². The molecule has 0 aliphatic carbocycles. The van der Waals surface area contributed by atoms with Gasteiger partial charge in [0.25, 0.3) is 0 Å². The molecule has 0 amide bonds. The Balaban J connectivity index is 5.20. The molecule has 0 aromatic carbocycles. The van der Waals surface area contributed by atoms with E-state index in [-0.39, 0.29) is 25.7 Å². The van der Waals surface area contributed by atoms with Gasteiger partial charge in [-0.25, -0.2) is 9.13 Å². The summed E-state index contributed by atoms with van der Waals surface area (Å²) in [5.41, 5.74) is 0. The number of carbonyl (C=O) groups is 4. The smallest absolute Gasteiger partial charge is 0.462 e. The van der Waals surface area contributed by atoms with E-state index >= 15 is 0 Å². The van der Waals surface area contributed by atoms with Crippen molar-refractivity contribution in [3.05, 3.63) is 0 Å². The van der Waals surface area contributed by atoms with E-state index < -0.39 is 97.5 Å². The Bertz CT molecular complexity index is 1840. The average Bonchev–Trinajstić information content (AvgIpc) is 1.35. The van der Waals surface area contributed by atoms with Crippen LogP contribution in [0.3, 0.4) is 0 Å². The molecule has 564 valence electrons. The van der Waals surface area contributed by atoms with Crippen molar-refractivity contribution < 1.29 is 80.2 Å². The monoisotopic (exact) mass is 1400 g/mol. The molecule has 5 atom stereocenters. The lowest BCUT2D eigenvalue weighted by molar-refractivity contribution is -0.161. The standard InChI is InChI=1S/C76H148O17P2/c1-7-9-11-13-15-16-17-18-19-22-25-30-35-41-47-53-59-74(79)87-65-72(93-75(80)60-54-48-42-36-31-26-23-20-21-24-28-33-39-44-50-56-68(3)4)67-91-95(84,85)89-63-70(77)62-88-94(82,83)90-66-71(64-86-73(78)58-52-46-38-14-12-10-8-2)92-76(81)61-55-49-43-37-32-27-29-34-40-45-51-57-69(5)6/h68-72,77H,7-67H2,1-6H3,(H,82,83)(H,84,85)/t70-,71+,72+/m0/s1. The van der Waals surface area contributed by atoms with Gasteiger partial charge < -0.3 is 33.8 Å². The molecule has 0 aromatic rings. The van der Waals surface area contributed by atoms with E-state index in [9.17, 15) is 43.2 Å². The maximum absolute atomic E-state index is 13.1. The minimum atomic E-state index is -4.96. The molecule has 95 heavy (non-hydrogen) atoms. The van der Waals surface area contributed by atoms with Crippen LogP contribution in [-0.2, 0) is 65.4 Å². The van der Waals surface area contributed by atoms with Crippen molar-refractivity contribution in [1.82, 2.24) is 0 Å². The summed E-state index contributed by atoms with van der Waals surface area (Å²) in [5, 5.41) is 10.6. The number of hydrogen-bond acceptors (Lipinski definition) is 15. The van der Waals surface area contributed by atoms with Crippen molar-refractivity contribution in [1.29, 1.82) is 0 Å². The van der Waals surface area contributed by atoms with Crippen LogP contribution < -0.4 is 0 Å². The zero-order valence-electron chi connectivity index (χ0n) is 62.0. The Morgan fingerprint density at radius 3 is 0.716 bits per heavy atom. The maximum Gasteiger partial charge on any atom is 0.472 e. The molecule has 0 saturated carbocycles. The van der Waals surface area contributed by atoms with Gasteiger partial charge in [-0.1, -0.05) is 343 Å². The number of phosphoric ester groups is 2. The summed E-state index contributed by atoms with van der Waals surface area (Å²) in [7, 11) is -9.91. The van der Waals surface area contributed by atoms with Crippen LogP contribution in [0.1, 0.15) is 395 Å². The van der Waals surface area contributed by atoms with Crippen LogP contribution in [0.5, 0.6) is 0 Å². The number of carbonyl (C=O) groups excluding carboxylic acids is 4. The van der Waals surface area contributed by atoms with Crippen LogP contribution in [-0.4, -0.2) is 96.7 Å². The highest BCUT2D eigenvalue weighted by Crippen LogP contribution is 2.45. The highest BCUT2D eigenvalue weighted by molar-refractivity contribution is 7.47. The van der Waals surface area contributed by atoms with Crippen LogP contribution in [0.15, 0.2) is 0 Å². The quantitative estimate of drug-likeness (QED) is 0.0222. The Morgan fingerprint density at radius 1 is 0.284 bits per heavy atom. The van der Waals surface area contributed by atoms with Crippen molar-refractivity contribution in [2.45, 2.75) is 413 Å². The molecular formula is C76H148O17P2. The molecule has 0 radical (unpaired) electrons. The summed E-state index contributed by atoms with van der Waals surface area (Å²) < 4.78 is 68.4. The molecule has 0 saturated heterocycles. The topological polar surface area (TPSA) is 237 Å². The molecule has 19 heteroatoms. The SMILES string of the molecule is CCCCCCCCCCCCCCCCCCC(=O)OC[C@H](COP(=O)(O)OC[C@@H](O)COP(=O)(O)OC[C@@H](COC(=O)CCCCCCCCC)OC(=O)CCCCCCCCCCCCCC(C)C)OC(=O)CCCCCCCCCCCCCCCCCC(C)C. The van der Waals surface area contributed by atoms with Crippen molar-refractivity contribution >= 4 is 39.5 Å². The molecule has 0 rings (SSSR count). The van der Waals surface area contributed by atoms with Crippen LogP contribution in [0.25, 0.3) is 0 Å². The van der Waals surface area contributed by atoms with Gasteiger partial charge in [-0.05, 0) is 37.5 Å². The predicted molar refractivity (Wildman–Crippen MR) is 386 cm³/mol. The minimum Gasteiger partial charge on any atom is -0.462 e. The summed E-state index contributed by atoms with van der Waals surface area (Å²) >= 11 is 0. The third-order valence-corrected chi connectivity index (χ3v) is 19.6. The number of phosphoric acid groups is 2. The lowest BCUT2D eigenvalue weighted by Crippen LogP contribution is -2.30. The van der Waals surface area contributed by atoms with Gasteiger partial charge >= 0.3 is 39.5 Å². The second kappa shape index (κ2) is 67.9. The summed E-state index contributed by atoms with van der Waals surface area (Å²) in [5.74, 6) is -0.551. The van der Waals surface area contributed by atoms with Gasteiger partial charge in [0.15, 0.2) is 12.2 Å². The second-order valence-electron chi connectivity index (χ2n) is 28.3. The highest BCUT2D eigenvalue weighted by atomic mass is 31.2. The number of aliphatic hydroxyl groups is 1. The first-order chi connectivity index (χ1) is 45.9. The first kappa shape index (κ1) is 93.1. The molecule has 0 bridgehead atoms. The zero-order chi connectivity index (χ0) is 70.0. The Kier molecular flexibility index (Phi) is 66.5. The van der Waals surface area contributed by atoms with Gasteiger partial charge in [0.1, 0.15) is 19.3 Å². The number of aliphatic hydroxyl groups excluding tert-OH is 1. The van der Waals surface area contributed by atoms with Crippen LogP contribution in [0.2, 0.25) is 0 Å². The maximum atomic E-state index is 13.1. The van der Waals surface area contributed by atoms with Gasteiger partial charge in [0.2, 0.25) is 0 Å². The lowest BCUT2D eigenvalue weighted by atomic mass is 10.0. The average molecular weight is 1400 g/mol. The van der Waals surface area contributed by atoms with E-state index in [0.717, 1.165) is 115 Å². The lowest BCUT2D eigenvalue weighted by Gasteiger charge is -2.21. The third kappa shape index (κ3) is 70.3. The Hall–Kier alpha value is -1.94. The van der Waals surface area contributed by atoms with E-state index in [1.54, 1.807) is 0 Å². The van der Waals surface area contributed by atoms with E-state index in [1.807, 2.05) is 0 Å². The molecule has 0 aliphatic heterocycles. The number of rotatable bonds is 75. The van der Waals surface area contributed by atoms with Crippen LogP contribution in [0.4, 0.5) is 0 Å². The van der Waals surface area contributed by atoms with E-state index in [0.29, 0.717) is 25.7 Å². The van der Waals surface area contributed by atoms with Gasteiger partial charge in [0.05, 0.1) is 26.4 Å². The van der Waals surface area contributed by atoms with Crippen molar-refractivity contribution in [2.24, 2.45) is 11.8 Å². The van der Waals surface area contributed by atoms with E-state index in [1.165, 1.54) is 199 Å². The van der Waals surface area contributed by atoms with E-state index in [4.69, 9.17) is 37.0 Å². The molecule has 0 aromatic heterocycles. The molecule has 3 N–H and O–H groups in total. The van der Waals surface area contributed by atoms with Gasteiger partial charge in [-0.3, -0.25) is 37.3 Å². The summed E-state index contributed by atoms with van der Waals surface area (Å²) in [6, 6.07) is 0. The Labute approximate surface area is 581 Å². The second-order valence-corrected chi connectivity index (χ2v) is 31.3. The van der Waals surface area contributed by atoms with Crippen molar-refractivity contribution in [3.8, 4) is 0 Å². The molecule has 0 spiro atoms. The number of hydrogen-bond donors (Lipinski definition) is 3. The summed E-state index contributed by atoms with van der Waals surface area (Å²) in [4.78, 5) is 72.7. The Morgan fingerprint density at radius 2 is 0.484 bits per heavy atom. The highest BCUT2D eigenvalue weighted by Gasteiger charge is 2.30. The van der Waals surface area contributed by atoms with Crippen molar-refractivity contribution in [3.63, 3.8) is 0 Å². The molecular weight excluding hydrogens is 1250 g/mol. The first-order valence-electron chi connectivity index (χ1n) is 39.5. The van der Waals surface area contributed by atoms with E-state index in [2.05, 4.69) is 41.5 Å². The number of unbranched alkanes of at least 4 members (excludes halogenated alkanes) is 45. The number of esters is 4. The minimum absolute atomic E-state index is 0.106. The summed E-state index contributed by atoms with van der Waals surface area (Å²) in [6.45, 7) is 9.59. The first-order valence-corrected chi connectivity index (χ1v) is 42.5. The number of ether oxygens (including phenoxy) is 4. The third-order valence-electron chi connectivity index (χ3n) is 17.7. The molecule has 17 nitrogen and oxygen atoms in total. The molecule has 0 aliphatic rings. The van der Waals surface area contributed by atoms with Crippen molar-refractivity contribution in [2.75, 3.05) is 39.6 Å².